The predicted molar refractivity (Wildman–Crippen MR) is 97.0 cm³/mol. The monoisotopic (exact) mass is 340 g/mol. The molecule has 0 aromatic heterocycles. The van der Waals surface area contributed by atoms with Gasteiger partial charge in [-0.3, -0.25) is 9.59 Å². The van der Waals surface area contributed by atoms with Crippen molar-refractivity contribution in [1.82, 2.24) is 0 Å². The molecule has 2 aromatic carbocycles. The van der Waals surface area contributed by atoms with E-state index in [1.54, 1.807) is 13.8 Å². The first-order chi connectivity index (χ1) is 12.0. The molecule has 4 nitrogen and oxygen atoms in total. The third-order valence-corrected chi connectivity index (χ3v) is 4.78. The van der Waals surface area contributed by atoms with Crippen LogP contribution in [0.3, 0.4) is 0 Å². The van der Waals surface area contributed by atoms with Crippen LogP contribution < -0.4 is 9.47 Å². The van der Waals surface area contributed by atoms with E-state index in [1.165, 1.54) is 0 Å². The van der Waals surface area contributed by atoms with Crippen molar-refractivity contribution < 1.29 is 19.1 Å². The lowest BCUT2D eigenvalue weighted by atomic mass is 9.82. The van der Waals surface area contributed by atoms with E-state index < -0.39 is 0 Å². The average molecular weight is 340 g/mol. The van der Waals surface area contributed by atoms with Crippen molar-refractivity contribution in [3.05, 3.63) is 35.4 Å². The summed E-state index contributed by atoms with van der Waals surface area (Å²) in [5.74, 6) is 1.29. The van der Waals surface area contributed by atoms with Crippen LogP contribution in [0.25, 0.3) is 10.8 Å². The van der Waals surface area contributed by atoms with E-state index in [0.29, 0.717) is 30.3 Å². The number of esters is 2. The number of fused-ring (bicyclic) bond motifs is 2. The highest BCUT2D eigenvalue weighted by atomic mass is 16.5. The van der Waals surface area contributed by atoms with E-state index in [0.717, 1.165) is 41.2 Å². The van der Waals surface area contributed by atoms with Crippen LogP contribution in [0.4, 0.5) is 0 Å². The highest BCUT2D eigenvalue weighted by Crippen LogP contribution is 2.45. The van der Waals surface area contributed by atoms with E-state index in [4.69, 9.17) is 9.47 Å². The fourth-order valence-electron chi connectivity index (χ4n) is 3.41. The zero-order valence-electron chi connectivity index (χ0n) is 15.1. The summed E-state index contributed by atoms with van der Waals surface area (Å²) < 4.78 is 11.4. The van der Waals surface area contributed by atoms with E-state index >= 15 is 0 Å². The molecular formula is C21H24O4. The summed E-state index contributed by atoms with van der Waals surface area (Å²) in [5, 5.41) is 1.66. The molecule has 25 heavy (non-hydrogen) atoms. The normalized spacial score (nSPS) is 16.4. The highest BCUT2D eigenvalue weighted by molar-refractivity contribution is 5.98. The average Bonchev–Trinajstić information content (AvgIpc) is 2.63. The molecule has 0 fully saturated rings. The van der Waals surface area contributed by atoms with Crippen molar-refractivity contribution in [3.63, 3.8) is 0 Å². The van der Waals surface area contributed by atoms with Gasteiger partial charge in [-0.15, -0.1) is 0 Å². The van der Waals surface area contributed by atoms with Gasteiger partial charge in [-0.1, -0.05) is 45.0 Å². The smallest absolute Gasteiger partial charge is 0.310 e. The minimum atomic E-state index is -0.246. The maximum absolute atomic E-state index is 12.0. The predicted octanol–water partition coefficient (Wildman–Crippen LogP) is 4.60. The Kier molecular flexibility index (Phi) is 5.07. The Morgan fingerprint density at radius 2 is 1.48 bits per heavy atom. The lowest BCUT2D eigenvalue weighted by Gasteiger charge is -2.27. The van der Waals surface area contributed by atoms with Crippen LogP contribution in [0.1, 0.15) is 51.2 Å². The maximum Gasteiger partial charge on any atom is 0.310 e. The third kappa shape index (κ3) is 3.39. The van der Waals surface area contributed by atoms with Gasteiger partial charge in [-0.25, -0.2) is 0 Å². The van der Waals surface area contributed by atoms with E-state index in [9.17, 15) is 9.59 Å². The Bertz CT molecular complexity index is 822. The van der Waals surface area contributed by atoms with Crippen LogP contribution in [0, 0.1) is 5.92 Å². The van der Waals surface area contributed by atoms with Gasteiger partial charge < -0.3 is 9.47 Å². The lowest BCUT2D eigenvalue weighted by Crippen LogP contribution is -2.18. The first kappa shape index (κ1) is 17.5. The lowest BCUT2D eigenvalue weighted by molar-refractivity contribution is -0.135. The second kappa shape index (κ2) is 7.26. The summed E-state index contributed by atoms with van der Waals surface area (Å²) in [7, 11) is 0. The Balaban J connectivity index is 2.27. The minimum absolute atomic E-state index is 0.246. The number of benzene rings is 2. The topological polar surface area (TPSA) is 52.6 Å². The van der Waals surface area contributed by atoms with Gasteiger partial charge in [0, 0.05) is 34.7 Å². The Morgan fingerprint density at radius 1 is 0.960 bits per heavy atom. The van der Waals surface area contributed by atoms with Crippen LogP contribution in [-0.4, -0.2) is 11.9 Å². The fourth-order valence-corrected chi connectivity index (χ4v) is 3.41. The third-order valence-electron chi connectivity index (χ3n) is 4.78. The highest BCUT2D eigenvalue weighted by Gasteiger charge is 2.28. The number of rotatable bonds is 4. The summed E-state index contributed by atoms with van der Waals surface area (Å²) in [6.07, 6.45) is 3.33. The fraction of sp³-hybridized carbons (Fsp3) is 0.429. The van der Waals surface area contributed by atoms with Crippen LogP contribution in [0.5, 0.6) is 11.5 Å². The van der Waals surface area contributed by atoms with Gasteiger partial charge in [-0.2, -0.15) is 0 Å². The van der Waals surface area contributed by atoms with Gasteiger partial charge in [0.25, 0.3) is 0 Å². The summed E-state index contributed by atoms with van der Waals surface area (Å²) in [5.41, 5.74) is 2.02. The van der Waals surface area contributed by atoms with Crippen molar-refractivity contribution >= 4 is 22.7 Å². The molecule has 0 saturated heterocycles. The molecule has 1 aliphatic carbocycles. The van der Waals surface area contributed by atoms with Gasteiger partial charge in [0.15, 0.2) is 0 Å². The number of carbonyl (C=O) groups excluding carboxylic acids is 2. The van der Waals surface area contributed by atoms with Crippen molar-refractivity contribution in [2.24, 2.45) is 5.92 Å². The molecule has 132 valence electrons. The van der Waals surface area contributed by atoms with Crippen molar-refractivity contribution in [2.45, 2.75) is 52.9 Å². The zero-order chi connectivity index (χ0) is 18.0. The SMILES string of the molecule is CCC(=O)Oc1c2c(c(OC(=O)CC)c3ccccc13)CC(C)CC2. The molecular weight excluding hydrogens is 316 g/mol. The maximum atomic E-state index is 12.0. The Labute approximate surface area is 148 Å². The van der Waals surface area contributed by atoms with Crippen LogP contribution in [0.2, 0.25) is 0 Å². The number of hydrogen-bond donors (Lipinski definition) is 0. The van der Waals surface area contributed by atoms with Crippen molar-refractivity contribution in [3.8, 4) is 11.5 Å². The molecule has 0 heterocycles. The van der Waals surface area contributed by atoms with Crippen molar-refractivity contribution in [2.75, 3.05) is 0 Å². The molecule has 0 radical (unpaired) electrons. The number of carbonyl (C=O) groups is 2. The summed E-state index contributed by atoms with van der Waals surface area (Å²) in [6, 6.07) is 7.68. The zero-order valence-corrected chi connectivity index (χ0v) is 15.1. The van der Waals surface area contributed by atoms with E-state index in [-0.39, 0.29) is 11.9 Å². The number of ether oxygens (including phenoxy) is 2. The van der Waals surface area contributed by atoms with Crippen LogP contribution in [-0.2, 0) is 22.4 Å². The summed E-state index contributed by atoms with van der Waals surface area (Å²) in [6.45, 7) is 5.77. The molecule has 0 amide bonds. The molecule has 0 aliphatic heterocycles. The molecule has 0 bridgehead atoms. The van der Waals surface area contributed by atoms with Gasteiger partial charge in [0.1, 0.15) is 11.5 Å². The molecule has 0 N–H and O–H groups in total. The van der Waals surface area contributed by atoms with Gasteiger partial charge in [0.2, 0.25) is 0 Å². The summed E-state index contributed by atoms with van der Waals surface area (Å²) in [4.78, 5) is 24.0. The Hall–Kier alpha value is -2.36. The second-order valence-corrected chi connectivity index (χ2v) is 6.66. The quantitative estimate of drug-likeness (QED) is 0.603. The molecule has 2 aromatic rings. The van der Waals surface area contributed by atoms with E-state index in [2.05, 4.69) is 6.92 Å². The largest absolute Gasteiger partial charge is 0.426 e. The minimum Gasteiger partial charge on any atom is -0.426 e. The van der Waals surface area contributed by atoms with E-state index in [1.807, 2.05) is 24.3 Å². The second-order valence-electron chi connectivity index (χ2n) is 6.66. The standard InChI is InChI=1S/C21H24O4/c1-4-18(22)24-20-14-8-6-7-9-15(14)21(25-19(23)5-2)17-12-13(3)10-11-16(17)20/h6-9,13H,4-5,10-12H2,1-3H3. The van der Waals surface area contributed by atoms with Gasteiger partial charge in [0.05, 0.1) is 0 Å². The first-order valence-electron chi connectivity index (χ1n) is 9.02. The number of hydrogen-bond acceptors (Lipinski definition) is 4. The van der Waals surface area contributed by atoms with Gasteiger partial charge in [-0.05, 0) is 25.2 Å². The molecule has 3 rings (SSSR count). The molecule has 0 saturated carbocycles. The molecule has 4 heteroatoms. The van der Waals surface area contributed by atoms with Crippen molar-refractivity contribution in [1.29, 1.82) is 0 Å². The summed E-state index contributed by atoms with van der Waals surface area (Å²) >= 11 is 0. The molecule has 1 aliphatic rings. The van der Waals surface area contributed by atoms with Crippen LogP contribution >= 0.6 is 0 Å². The molecule has 0 spiro atoms. The van der Waals surface area contributed by atoms with Gasteiger partial charge >= 0.3 is 11.9 Å². The Morgan fingerprint density at radius 3 is 2.00 bits per heavy atom. The van der Waals surface area contributed by atoms with Crippen LogP contribution in [0.15, 0.2) is 24.3 Å². The molecule has 1 atom stereocenters. The first-order valence-corrected chi connectivity index (χ1v) is 9.02. The molecule has 1 unspecified atom stereocenters.